The molecule has 86 valence electrons. The number of nitrogens with one attached hydrogen (secondary N) is 1. The Hall–Kier alpha value is -1.62. The molecule has 1 fully saturated rings. The fourth-order valence-corrected chi connectivity index (χ4v) is 1.36. The van der Waals surface area contributed by atoms with Crippen molar-refractivity contribution in [3.05, 3.63) is 23.5 Å². The molecule has 2 rings (SSSR count). The third kappa shape index (κ3) is 2.30. The summed E-state index contributed by atoms with van der Waals surface area (Å²) in [4.78, 5) is 15.6. The van der Waals surface area contributed by atoms with Crippen molar-refractivity contribution in [1.82, 2.24) is 10.3 Å². The molecule has 1 amide bonds. The lowest BCUT2D eigenvalue weighted by Gasteiger charge is -2.10. The van der Waals surface area contributed by atoms with Crippen LogP contribution < -0.4 is 15.8 Å². The smallest absolute Gasteiger partial charge is 0.252 e. The maximum Gasteiger partial charge on any atom is 0.252 e. The minimum Gasteiger partial charge on any atom is -0.488 e. The number of aromatic nitrogens is 1. The second kappa shape index (κ2) is 4.49. The van der Waals surface area contributed by atoms with Crippen LogP contribution in [0.1, 0.15) is 28.9 Å². The van der Waals surface area contributed by atoms with Gasteiger partial charge in [-0.2, -0.15) is 0 Å². The third-order valence-electron chi connectivity index (χ3n) is 2.43. The van der Waals surface area contributed by atoms with E-state index in [1.54, 1.807) is 13.1 Å². The zero-order valence-corrected chi connectivity index (χ0v) is 9.19. The first-order valence-corrected chi connectivity index (χ1v) is 5.32. The summed E-state index contributed by atoms with van der Waals surface area (Å²) in [6, 6.07) is 1.70. The number of amides is 1. The summed E-state index contributed by atoms with van der Waals surface area (Å²) in [6.07, 6.45) is 3.91. The predicted molar refractivity (Wildman–Crippen MR) is 59.2 cm³/mol. The minimum atomic E-state index is -0.170. The van der Waals surface area contributed by atoms with Crippen LogP contribution in [0, 0.1) is 0 Å². The van der Waals surface area contributed by atoms with Crippen LogP contribution in [0.25, 0.3) is 0 Å². The fourth-order valence-electron chi connectivity index (χ4n) is 1.36. The lowest BCUT2D eigenvalue weighted by molar-refractivity contribution is 0.0962. The van der Waals surface area contributed by atoms with Crippen molar-refractivity contribution in [2.75, 3.05) is 7.05 Å². The molecule has 1 heterocycles. The number of ether oxygens (including phenoxy) is 1. The average Bonchev–Trinajstić information content (AvgIpc) is 3.12. The van der Waals surface area contributed by atoms with E-state index in [0.29, 0.717) is 23.6 Å². The van der Waals surface area contributed by atoms with Gasteiger partial charge < -0.3 is 15.8 Å². The molecular weight excluding hydrogens is 206 g/mol. The molecule has 1 aliphatic carbocycles. The molecule has 1 aliphatic rings. The number of hydrogen-bond donors (Lipinski definition) is 2. The first-order valence-electron chi connectivity index (χ1n) is 5.32. The van der Waals surface area contributed by atoms with Gasteiger partial charge in [0.25, 0.3) is 5.91 Å². The first-order chi connectivity index (χ1) is 7.74. The van der Waals surface area contributed by atoms with E-state index in [1.165, 1.54) is 6.20 Å². The SMILES string of the molecule is CNC(=O)c1cnc(CN)c(OC2CC2)c1. The molecule has 1 aromatic heterocycles. The van der Waals surface area contributed by atoms with Crippen LogP contribution in [-0.2, 0) is 6.54 Å². The third-order valence-corrected chi connectivity index (χ3v) is 2.43. The van der Waals surface area contributed by atoms with E-state index in [9.17, 15) is 4.79 Å². The number of carbonyl (C=O) groups is 1. The van der Waals surface area contributed by atoms with Gasteiger partial charge in [-0.1, -0.05) is 0 Å². The molecule has 3 N–H and O–H groups in total. The van der Waals surface area contributed by atoms with Gasteiger partial charge >= 0.3 is 0 Å². The van der Waals surface area contributed by atoms with Crippen LogP contribution in [-0.4, -0.2) is 24.0 Å². The molecule has 0 atom stereocenters. The van der Waals surface area contributed by atoms with Crippen molar-refractivity contribution in [1.29, 1.82) is 0 Å². The highest BCUT2D eigenvalue weighted by molar-refractivity contribution is 5.94. The molecule has 0 radical (unpaired) electrons. The van der Waals surface area contributed by atoms with Gasteiger partial charge in [-0.05, 0) is 18.9 Å². The van der Waals surface area contributed by atoms with E-state index in [2.05, 4.69) is 10.3 Å². The van der Waals surface area contributed by atoms with Crippen LogP contribution in [0.4, 0.5) is 0 Å². The Morgan fingerprint density at radius 2 is 2.44 bits per heavy atom. The summed E-state index contributed by atoms with van der Waals surface area (Å²) in [5, 5.41) is 2.55. The Labute approximate surface area is 94.0 Å². The van der Waals surface area contributed by atoms with Crippen LogP contribution in [0.2, 0.25) is 0 Å². The number of hydrogen-bond acceptors (Lipinski definition) is 4. The molecular formula is C11H15N3O2. The lowest BCUT2D eigenvalue weighted by atomic mass is 10.2. The second-order valence-electron chi connectivity index (χ2n) is 3.77. The number of pyridine rings is 1. The molecule has 5 heteroatoms. The number of nitrogens with zero attached hydrogens (tertiary/aromatic N) is 1. The quantitative estimate of drug-likeness (QED) is 0.773. The highest BCUT2D eigenvalue weighted by Gasteiger charge is 2.25. The van der Waals surface area contributed by atoms with Gasteiger partial charge in [0.15, 0.2) is 0 Å². The highest BCUT2D eigenvalue weighted by Crippen LogP contribution is 2.28. The van der Waals surface area contributed by atoms with Gasteiger partial charge in [0, 0.05) is 19.8 Å². The molecule has 0 bridgehead atoms. The van der Waals surface area contributed by atoms with E-state index in [4.69, 9.17) is 10.5 Å². The van der Waals surface area contributed by atoms with Crippen molar-refractivity contribution in [3.63, 3.8) is 0 Å². The Morgan fingerprint density at radius 3 is 3.00 bits per heavy atom. The summed E-state index contributed by atoms with van der Waals surface area (Å²) in [7, 11) is 1.58. The van der Waals surface area contributed by atoms with Crippen molar-refractivity contribution in [3.8, 4) is 5.75 Å². The van der Waals surface area contributed by atoms with Crippen molar-refractivity contribution < 1.29 is 9.53 Å². The van der Waals surface area contributed by atoms with Crippen molar-refractivity contribution in [2.45, 2.75) is 25.5 Å². The molecule has 0 aromatic carbocycles. The second-order valence-corrected chi connectivity index (χ2v) is 3.77. The largest absolute Gasteiger partial charge is 0.488 e. The normalized spacial score (nSPS) is 14.6. The Balaban J connectivity index is 2.25. The van der Waals surface area contributed by atoms with Gasteiger partial charge in [0.1, 0.15) is 5.75 Å². The fraction of sp³-hybridized carbons (Fsp3) is 0.455. The molecule has 16 heavy (non-hydrogen) atoms. The summed E-state index contributed by atoms with van der Waals surface area (Å²) >= 11 is 0. The topological polar surface area (TPSA) is 77.2 Å². The van der Waals surface area contributed by atoms with Gasteiger partial charge in [-0.25, -0.2) is 0 Å². The molecule has 0 spiro atoms. The molecule has 0 unspecified atom stereocenters. The summed E-state index contributed by atoms with van der Waals surface area (Å²) in [6.45, 7) is 0.316. The molecule has 5 nitrogen and oxygen atoms in total. The van der Waals surface area contributed by atoms with E-state index >= 15 is 0 Å². The monoisotopic (exact) mass is 221 g/mol. The Morgan fingerprint density at radius 1 is 1.69 bits per heavy atom. The summed E-state index contributed by atoms with van der Waals surface area (Å²) in [5.41, 5.74) is 6.75. The zero-order chi connectivity index (χ0) is 11.5. The highest BCUT2D eigenvalue weighted by atomic mass is 16.5. The minimum absolute atomic E-state index is 0.170. The first kappa shape index (κ1) is 10.9. The summed E-state index contributed by atoms with van der Waals surface area (Å²) < 4.78 is 5.66. The molecule has 0 aliphatic heterocycles. The Kier molecular flexibility index (Phi) is 3.05. The lowest BCUT2D eigenvalue weighted by Crippen LogP contribution is -2.19. The van der Waals surface area contributed by atoms with Crippen LogP contribution in [0.3, 0.4) is 0 Å². The number of carbonyl (C=O) groups excluding carboxylic acids is 1. The Bertz CT molecular complexity index is 402. The van der Waals surface area contributed by atoms with Gasteiger partial charge in [-0.15, -0.1) is 0 Å². The zero-order valence-electron chi connectivity index (χ0n) is 9.19. The van der Waals surface area contributed by atoms with Crippen LogP contribution in [0.5, 0.6) is 5.75 Å². The van der Waals surface area contributed by atoms with Crippen molar-refractivity contribution in [2.24, 2.45) is 5.73 Å². The van der Waals surface area contributed by atoms with Crippen LogP contribution in [0.15, 0.2) is 12.3 Å². The van der Waals surface area contributed by atoms with Crippen molar-refractivity contribution >= 4 is 5.91 Å². The number of nitrogens with two attached hydrogens (primary N) is 1. The van der Waals surface area contributed by atoms with Gasteiger partial charge in [0.2, 0.25) is 0 Å². The maximum atomic E-state index is 11.4. The average molecular weight is 221 g/mol. The summed E-state index contributed by atoms with van der Waals surface area (Å²) in [5.74, 6) is 0.461. The van der Waals surface area contributed by atoms with E-state index in [1.807, 2.05) is 0 Å². The van der Waals surface area contributed by atoms with E-state index in [0.717, 1.165) is 12.8 Å². The van der Waals surface area contributed by atoms with E-state index in [-0.39, 0.29) is 12.0 Å². The van der Waals surface area contributed by atoms with Gasteiger partial charge in [-0.3, -0.25) is 9.78 Å². The van der Waals surface area contributed by atoms with Crippen LogP contribution >= 0.6 is 0 Å². The van der Waals surface area contributed by atoms with E-state index < -0.39 is 0 Å². The number of rotatable bonds is 4. The maximum absolute atomic E-state index is 11.4. The molecule has 1 aromatic rings. The predicted octanol–water partition coefficient (Wildman–Crippen LogP) is 0.441. The standard InChI is InChI=1S/C11H15N3O2/c1-13-11(15)7-4-10(16-8-2-3-8)9(5-12)14-6-7/h4,6,8H,2-3,5,12H2,1H3,(H,13,15). The molecule has 0 saturated heterocycles. The molecule has 1 saturated carbocycles. The van der Waals surface area contributed by atoms with Gasteiger partial charge in [0.05, 0.1) is 17.4 Å².